The molecular weight excluding hydrogens is 268 g/mol. The van der Waals surface area contributed by atoms with Crippen molar-refractivity contribution in [3.05, 3.63) is 40.6 Å². The smallest absolute Gasteiger partial charge is 0.157 e. The molecule has 2 heterocycles. The summed E-state index contributed by atoms with van der Waals surface area (Å²) in [6.07, 6.45) is 4.05. The molecule has 0 atom stereocenters. The van der Waals surface area contributed by atoms with Crippen molar-refractivity contribution in [1.29, 1.82) is 0 Å². The average molecular weight is 284 g/mol. The van der Waals surface area contributed by atoms with Crippen LogP contribution in [0.2, 0.25) is 0 Å². The second-order valence-corrected chi connectivity index (χ2v) is 7.27. The Labute approximate surface area is 111 Å². The molecule has 0 fully saturated rings. The molecule has 4 nitrogen and oxygen atoms in total. The number of aryl methyl sites for hydroxylation is 2. The SMILES string of the molecule is CCn1ccnc1CS(=O)(=O)CCc1cccs1. The van der Waals surface area contributed by atoms with Gasteiger partial charge in [0.15, 0.2) is 9.84 Å². The van der Waals surface area contributed by atoms with Crippen LogP contribution >= 0.6 is 11.3 Å². The maximum absolute atomic E-state index is 12.0. The molecule has 6 heteroatoms. The minimum Gasteiger partial charge on any atom is -0.334 e. The summed E-state index contributed by atoms with van der Waals surface area (Å²) >= 11 is 1.59. The van der Waals surface area contributed by atoms with Crippen LogP contribution in [0.15, 0.2) is 29.9 Å². The first kappa shape index (κ1) is 13.3. The number of imidazole rings is 1. The largest absolute Gasteiger partial charge is 0.334 e. The topological polar surface area (TPSA) is 52.0 Å². The molecule has 0 aliphatic carbocycles. The minimum atomic E-state index is -3.09. The Kier molecular flexibility index (Phi) is 4.19. The average Bonchev–Trinajstić information content (AvgIpc) is 2.96. The molecule has 0 spiro atoms. The van der Waals surface area contributed by atoms with Gasteiger partial charge < -0.3 is 4.57 Å². The zero-order valence-electron chi connectivity index (χ0n) is 10.2. The van der Waals surface area contributed by atoms with E-state index in [1.165, 1.54) is 0 Å². The van der Waals surface area contributed by atoms with Gasteiger partial charge in [0.05, 0.1) is 5.75 Å². The van der Waals surface area contributed by atoms with Crippen LogP contribution < -0.4 is 0 Å². The standard InChI is InChI=1S/C12H16N2O2S2/c1-2-14-7-6-13-12(14)10-18(15,16)9-5-11-4-3-8-17-11/h3-4,6-8H,2,5,9-10H2,1H3. The van der Waals surface area contributed by atoms with Gasteiger partial charge in [0.2, 0.25) is 0 Å². The van der Waals surface area contributed by atoms with Crippen molar-refractivity contribution in [2.24, 2.45) is 0 Å². The van der Waals surface area contributed by atoms with Crippen molar-refractivity contribution < 1.29 is 8.42 Å². The highest BCUT2D eigenvalue weighted by Gasteiger charge is 2.15. The molecule has 2 aromatic rings. The zero-order valence-corrected chi connectivity index (χ0v) is 11.9. The van der Waals surface area contributed by atoms with Gasteiger partial charge in [-0.1, -0.05) is 6.07 Å². The summed E-state index contributed by atoms with van der Waals surface area (Å²) in [7, 11) is -3.09. The van der Waals surface area contributed by atoms with Gasteiger partial charge in [-0.05, 0) is 24.8 Å². The molecule has 18 heavy (non-hydrogen) atoms. The number of nitrogens with zero attached hydrogens (tertiary/aromatic N) is 2. The number of aromatic nitrogens is 2. The maximum atomic E-state index is 12.0. The van der Waals surface area contributed by atoms with Crippen molar-refractivity contribution in [3.8, 4) is 0 Å². The first-order valence-corrected chi connectivity index (χ1v) is 8.53. The highest BCUT2D eigenvalue weighted by atomic mass is 32.2. The summed E-state index contributed by atoms with van der Waals surface area (Å²) in [4.78, 5) is 5.21. The van der Waals surface area contributed by atoms with E-state index in [9.17, 15) is 8.42 Å². The van der Waals surface area contributed by atoms with Crippen molar-refractivity contribution in [2.75, 3.05) is 5.75 Å². The number of sulfone groups is 1. The summed E-state index contributed by atoms with van der Waals surface area (Å²) in [5.41, 5.74) is 0. The second kappa shape index (κ2) is 5.67. The molecule has 2 aromatic heterocycles. The quantitative estimate of drug-likeness (QED) is 0.816. The molecule has 2 rings (SSSR count). The highest BCUT2D eigenvalue weighted by molar-refractivity contribution is 7.90. The van der Waals surface area contributed by atoms with Crippen LogP contribution in [0.5, 0.6) is 0 Å². The molecule has 0 saturated carbocycles. The van der Waals surface area contributed by atoms with Gasteiger partial charge in [0.25, 0.3) is 0 Å². The maximum Gasteiger partial charge on any atom is 0.157 e. The van der Waals surface area contributed by atoms with E-state index >= 15 is 0 Å². The number of rotatable bonds is 6. The van der Waals surface area contributed by atoms with E-state index in [0.29, 0.717) is 12.2 Å². The van der Waals surface area contributed by atoms with E-state index in [0.717, 1.165) is 11.4 Å². The van der Waals surface area contributed by atoms with Crippen molar-refractivity contribution in [2.45, 2.75) is 25.6 Å². The molecule has 0 aliphatic heterocycles. The van der Waals surface area contributed by atoms with Gasteiger partial charge in [0, 0.05) is 23.8 Å². The van der Waals surface area contributed by atoms with Crippen LogP contribution in [-0.4, -0.2) is 23.7 Å². The molecule has 98 valence electrons. The monoisotopic (exact) mass is 284 g/mol. The predicted molar refractivity (Wildman–Crippen MR) is 73.4 cm³/mol. The number of hydrogen-bond acceptors (Lipinski definition) is 4. The fraction of sp³-hybridized carbons (Fsp3) is 0.417. The van der Waals surface area contributed by atoms with E-state index in [2.05, 4.69) is 4.98 Å². The van der Waals surface area contributed by atoms with E-state index in [1.807, 2.05) is 35.2 Å². The molecule has 0 N–H and O–H groups in total. The number of hydrogen-bond donors (Lipinski definition) is 0. The third-order valence-corrected chi connectivity index (χ3v) is 5.19. The lowest BCUT2D eigenvalue weighted by Crippen LogP contribution is -2.14. The van der Waals surface area contributed by atoms with Crippen molar-refractivity contribution in [3.63, 3.8) is 0 Å². The van der Waals surface area contributed by atoms with Gasteiger partial charge in [-0.25, -0.2) is 13.4 Å². The fourth-order valence-electron chi connectivity index (χ4n) is 1.75. The van der Waals surface area contributed by atoms with Gasteiger partial charge >= 0.3 is 0 Å². The normalized spacial score (nSPS) is 11.8. The Bertz CT molecular complexity index is 585. The van der Waals surface area contributed by atoms with E-state index < -0.39 is 9.84 Å². The van der Waals surface area contributed by atoms with Gasteiger partial charge in [-0.3, -0.25) is 0 Å². The Hall–Kier alpha value is -1.14. The Morgan fingerprint density at radius 3 is 2.94 bits per heavy atom. The van der Waals surface area contributed by atoms with Crippen LogP contribution in [0.1, 0.15) is 17.6 Å². The Morgan fingerprint density at radius 1 is 1.44 bits per heavy atom. The lowest BCUT2D eigenvalue weighted by atomic mass is 10.4. The molecule has 0 radical (unpaired) electrons. The third kappa shape index (κ3) is 3.43. The minimum absolute atomic E-state index is 0.0270. The molecule has 0 unspecified atom stereocenters. The molecular formula is C12H16N2O2S2. The lowest BCUT2D eigenvalue weighted by Gasteiger charge is -2.05. The fourth-order valence-corrected chi connectivity index (χ4v) is 3.90. The summed E-state index contributed by atoms with van der Waals surface area (Å²) in [5.74, 6) is 0.840. The van der Waals surface area contributed by atoms with Crippen LogP contribution in [0.4, 0.5) is 0 Å². The zero-order chi connectivity index (χ0) is 13.0. The van der Waals surface area contributed by atoms with Crippen molar-refractivity contribution >= 4 is 21.2 Å². The van der Waals surface area contributed by atoms with Gasteiger partial charge in [-0.15, -0.1) is 11.3 Å². The predicted octanol–water partition coefficient (Wildman–Crippen LogP) is 2.12. The summed E-state index contributed by atoms with van der Waals surface area (Å²) in [6.45, 7) is 2.72. The molecule has 0 aromatic carbocycles. The highest BCUT2D eigenvalue weighted by Crippen LogP contribution is 2.12. The van der Waals surface area contributed by atoms with Crippen molar-refractivity contribution in [1.82, 2.24) is 9.55 Å². The van der Waals surface area contributed by atoms with Crippen LogP contribution in [0, 0.1) is 0 Å². The molecule has 0 saturated heterocycles. The first-order chi connectivity index (χ1) is 8.61. The molecule has 0 bridgehead atoms. The number of thiophene rings is 1. The Balaban J connectivity index is 1.99. The Morgan fingerprint density at radius 2 is 2.28 bits per heavy atom. The van der Waals surface area contributed by atoms with E-state index in [-0.39, 0.29) is 11.5 Å². The summed E-state index contributed by atoms with van der Waals surface area (Å²) in [5, 5.41) is 1.96. The molecule has 0 aliphatic rings. The van der Waals surface area contributed by atoms with Gasteiger partial charge in [0.1, 0.15) is 11.6 Å². The third-order valence-electron chi connectivity index (χ3n) is 2.73. The summed E-state index contributed by atoms with van der Waals surface area (Å²) < 4.78 is 25.9. The van der Waals surface area contributed by atoms with Gasteiger partial charge in [-0.2, -0.15) is 0 Å². The second-order valence-electron chi connectivity index (χ2n) is 4.05. The molecule has 0 amide bonds. The lowest BCUT2D eigenvalue weighted by molar-refractivity contribution is 0.590. The van der Waals surface area contributed by atoms with Crippen LogP contribution in [0.3, 0.4) is 0 Å². The summed E-state index contributed by atoms with van der Waals surface area (Å²) in [6, 6.07) is 3.91. The van der Waals surface area contributed by atoms with E-state index in [1.54, 1.807) is 17.5 Å². The first-order valence-electron chi connectivity index (χ1n) is 5.83. The van der Waals surface area contributed by atoms with Crippen LogP contribution in [0.25, 0.3) is 0 Å². The van der Waals surface area contributed by atoms with Crippen LogP contribution in [-0.2, 0) is 28.6 Å². The van der Waals surface area contributed by atoms with E-state index in [4.69, 9.17) is 0 Å².